The van der Waals surface area contributed by atoms with Crippen LogP contribution < -0.4 is 4.74 Å². The molecule has 2 aromatic rings. The van der Waals surface area contributed by atoms with Crippen LogP contribution in [0, 0.1) is 5.92 Å². The number of amides is 1. The Morgan fingerprint density at radius 3 is 2.80 bits per heavy atom. The minimum atomic E-state index is -0.783. The number of carbonyl (C=O) groups is 1. The number of phenolic OH excluding ortho intramolecular Hbond substituents is 1. The number of carbonyl (C=O) groups excluding carboxylic acids is 1. The molecular formula is C28H30N2O5. The van der Waals surface area contributed by atoms with Gasteiger partial charge in [0, 0.05) is 23.6 Å². The van der Waals surface area contributed by atoms with E-state index in [0.717, 1.165) is 49.9 Å². The maximum Gasteiger partial charge on any atom is 0.254 e. The van der Waals surface area contributed by atoms with E-state index in [1.807, 2.05) is 23.1 Å². The molecule has 5 bridgehead atoms. The standard InChI is InChI=1S/C28H30N2O5/c1-2-29-13-12-26-21-18-8-9-19(31)22(21)33-16-34-28-11-10-27(26,20(29)14-18)35-23(24(26)28)25(32)30(28)15-17-6-4-3-5-7-17/h3-9,20,23-24,31H,2,10-16H2,1H3/t20?,23-,24?,26?,27?,28?/m0/s1. The molecule has 4 aliphatic heterocycles. The molecule has 35 heavy (non-hydrogen) atoms. The van der Waals surface area contributed by atoms with Crippen molar-refractivity contribution in [3.05, 3.63) is 59.2 Å². The van der Waals surface area contributed by atoms with Gasteiger partial charge < -0.3 is 24.2 Å². The quantitative estimate of drug-likeness (QED) is 0.738. The third kappa shape index (κ3) is 2.15. The highest BCUT2D eigenvalue weighted by atomic mass is 16.7. The van der Waals surface area contributed by atoms with Gasteiger partial charge >= 0.3 is 0 Å². The third-order valence-corrected chi connectivity index (χ3v) is 10.2. The van der Waals surface area contributed by atoms with Crippen LogP contribution in [0.25, 0.3) is 0 Å². The number of piperidine rings is 1. The lowest BCUT2D eigenvalue weighted by molar-refractivity contribution is -0.259. The maximum absolute atomic E-state index is 14.2. The molecule has 7 nitrogen and oxygen atoms in total. The molecular weight excluding hydrogens is 444 g/mol. The van der Waals surface area contributed by atoms with Crippen LogP contribution in [-0.2, 0) is 32.6 Å². The number of benzene rings is 2. The molecule has 8 rings (SSSR count). The largest absolute Gasteiger partial charge is 0.504 e. The number of nitrogens with zero attached hydrogens (tertiary/aromatic N) is 2. The van der Waals surface area contributed by atoms with Gasteiger partial charge in [-0.25, -0.2) is 0 Å². The first-order valence-electron chi connectivity index (χ1n) is 12.9. The minimum Gasteiger partial charge on any atom is -0.504 e. The van der Waals surface area contributed by atoms with Gasteiger partial charge in [0.25, 0.3) is 5.91 Å². The first kappa shape index (κ1) is 20.6. The predicted molar refractivity (Wildman–Crippen MR) is 126 cm³/mol. The van der Waals surface area contributed by atoms with Crippen LogP contribution >= 0.6 is 0 Å². The van der Waals surface area contributed by atoms with Crippen LogP contribution in [0.4, 0.5) is 0 Å². The summed E-state index contributed by atoms with van der Waals surface area (Å²) < 4.78 is 20.0. The van der Waals surface area contributed by atoms with Gasteiger partial charge in [0.2, 0.25) is 0 Å². The number of likely N-dealkylation sites (N-methyl/N-ethyl adjacent to an activating group) is 1. The zero-order valence-corrected chi connectivity index (χ0v) is 19.9. The molecule has 1 N–H and O–H groups in total. The van der Waals surface area contributed by atoms with Crippen molar-refractivity contribution in [3.63, 3.8) is 0 Å². The molecule has 4 fully saturated rings. The monoisotopic (exact) mass is 474 g/mol. The Balaban J connectivity index is 1.39. The fraction of sp³-hybridized carbons (Fsp3) is 0.536. The van der Waals surface area contributed by atoms with Gasteiger partial charge in [-0.2, -0.15) is 0 Å². The van der Waals surface area contributed by atoms with E-state index in [1.165, 1.54) is 5.56 Å². The Morgan fingerprint density at radius 1 is 1.11 bits per heavy atom. The van der Waals surface area contributed by atoms with Crippen molar-refractivity contribution in [2.75, 3.05) is 19.9 Å². The average Bonchev–Trinajstić information content (AvgIpc) is 3.23. The number of phenols is 1. The summed E-state index contributed by atoms with van der Waals surface area (Å²) in [5.41, 5.74) is 1.68. The second kappa shape index (κ2) is 6.58. The summed E-state index contributed by atoms with van der Waals surface area (Å²) in [5, 5.41) is 10.9. The zero-order chi connectivity index (χ0) is 23.6. The molecule has 1 saturated carbocycles. The van der Waals surface area contributed by atoms with Crippen molar-refractivity contribution < 1.29 is 24.1 Å². The number of ether oxygens (including phenoxy) is 3. The van der Waals surface area contributed by atoms with Crippen LogP contribution in [-0.4, -0.2) is 64.2 Å². The van der Waals surface area contributed by atoms with E-state index in [4.69, 9.17) is 14.2 Å². The normalized spacial score (nSPS) is 40.3. The maximum atomic E-state index is 14.2. The van der Waals surface area contributed by atoms with Crippen LogP contribution in [0.3, 0.4) is 0 Å². The van der Waals surface area contributed by atoms with E-state index in [2.05, 4.69) is 30.0 Å². The van der Waals surface area contributed by atoms with Crippen molar-refractivity contribution in [2.45, 2.75) is 68.0 Å². The second-order valence-corrected chi connectivity index (χ2v) is 11.1. The molecule has 1 spiro atoms. The van der Waals surface area contributed by atoms with Gasteiger partial charge in [-0.05, 0) is 56.0 Å². The Bertz CT molecular complexity index is 1250. The van der Waals surface area contributed by atoms with E-state index >= 15 is 0 Å². The van der Waals surface area contributed by atoms with Crippen LogP contribution in [0.1, 0.15) is 42.9 Å². The first-order valence-corrected chi connectivity index (χ1v) is 12.9. The van der Waals surface area contributed by atoms with Gasteiger partial charge in [0.15, 0.2) is 24.0 Å². The molecule has 5 unspecified atom stereocenters. The smallest absolute Gasteiger partial charge is 0.254 e. The fourth-order valence-electron chi connectivity index (χ4n) is 9.06. The summed E-state index contributed by atoms with van der Waals surface area (Å²) in [6.45, 7) is 4.59. The number of hydrogen-bond donors (Lipinski definition) is 1. The molecule has 4 heterocycles. The summed E-state index contributed by atoms with van der Waals surface area (Å²) in [7, 11) is 0. The molecule has 7 heteroatoms. The van der Waals surface area contributed by atoms with E-state index in [9.17, 15) is 9.90 Å². The lowest BCUT2D eigenvalue weighted by Crippen LogP contribution is -2.76. The Morgan fingerprint density at radius 2 is 1.97 bits per heavy atom. The molecule has 1 amide bonds. The fourth-order valence-corrected chi connectivity index (χ4v) is 9.06. The summed E-state index contributed by atoms with van der Waals surface area (Å²) in [6.07, 6.45) is 2.73. The lowest BCUT2D eigenvalue weighted by Gasteiger charge is -2.66. The average molecular weight is 475 g/mol. The molecule has 6 atom stereocenters. The highest BCUT2D eigenvalue weighted by molar-refractivity contribution is 5.87. The molecule has 2 aliphatic carbocycles. The topological polar surface area (TPSA) is 71.5 Å². The predicted octanol–water partition coefficient (Wildman–Crippen LogP) is 2.93. The van der Waals surface area contributed by atoms with Crippen molar-refractivity contribution in [1.29, 1.82) is 0 Å². The Kier molecular flexibility index (Phi) is 3.87. The van der Waals surface area contributed by atoms with Gasteiger partial charge in [-0.1, -0.05) is 43.3 Å². The lowest BCUT2D eigenvalue weighted by atomic mass is 9.45. The third-order valence-electron chi connectivity index (χ3n) is 10.2. The molecule has 3 saturated heterocycles. The van der Waals surface area contributed by atoms with Crippen molar-refractivity contribution in [3.8, 4) is 11.5 Å². The summed E-state index contributed by atoms with van der Waals surface area (Å²) >= 11 is 0. The van der Waals surface area contributed by atoms with Crippen LogP contribution in [0.15, 0.2) is 42.5 Å². The summed E-state index contributed by atoms with van der Waals surface area (Å²) in [6, 6.07) is 14.1. The van der Waals surface area contributed by atoms with E-state index in [0.29, 0.717) is 12.3 Å². The Hall–Kier alpha value is -2.61. The highest BCUT2D eigenvalue weighted by Crippen LogP contribution is 2.74. The van der Waals surface area contributed by atoms with Gasteiger partial charge in [0.05, 0.1) is 11.5 Å². The van der Waals surface area contributed by atoms with Gasteiger partial charge in [0.1, 0.15) is 6.10 Å². The van der Waals surface area contributed by atoms with Gasteiger partial charge in [-0.15, -0.1) is 0 Å². The number of aromatic hydroxyl groups is 1. The molecule has 0 aromatic heterocycles. The number of rotatable bonds is 3. The molecule has 2 aromatic carbocycles. The van der Waals surface area contributed by atoms with Crippen LogP contribution in [0.5, 0.6) is 11.5 Å². The molecule has 182 valence electrons. The van der Waals surface area contributed by atoms with Crippen molar-refractivity contribution >= 4 is 5.91 Å². The Labute approximate surface area is 204 Å². The van der Waals surface area contributed by atoms with Crippen molar-refractivity contribution in [1.82, 2.24) is 9.80 Å². The van der Waals surface area contributed by atoms with Crippen molar-refractivity contribution in [2.24, 2.45) is 5.92 Å². The SMILES string of the molecule is CCN1CCC23c4c5ccc(O)c4OCOC46CCC2(O[C@H](C(=O)N4Cc2ccccc2)C63)C1C5. The van der Waals surface area contributed by atoms with E-state index in [1.54, 1.807) is 6.07 Å². The van der Waals surface area contributed by atoms with E-state index in [-0.39, 0.29) is 30.4 Å². The summed E-state index contributed by atoms with van der Waals surface area (Å²) in [5.74, 6) is 0.573. The second-order valence-electron chi connectivity index (χ2n) is 11.1. The zero-order valence-electron chi connectivity index (χ0n) is 19.9. The highest BCUT2D eigenvalue weighted by Gasteiger charge is 2.84. The van der Waals surface area contributed by atoms with Gasteiger partial charge in [-0.3, -0.25) is 9.69 Å². The van der Waals surface area contributed by atoms with Crippen LogP contribution in [0.2, 0.25) is 0 Å². The first-order chi connectivity index (χ1) is 17.1. The van der Waals surface area contributed by atoms with E-state index < -0.39 is 22.8 Å². The number of hydrogen-bond acceptors (Lipinski definition) is 6. The molecule has 6 aliphatic rings. The summed E-state index contributed by atoms with van der Waals surface area (Å²) in [4.78, 5) is 18.6. The molecule has 0 radical (unpaired) electrons. The number of likely N-dealkylation sites (tertiary alicyclic amines) is 2. The minimum absolute atomic E-state index is 0.000599.